The lowest BCUT2D eigenvalue weighted by Gasteiger charge is -2.36. The molecule has 4 heteroatoms. The van der Waals surface area contributed by atoms with Crippen LogP contribution in [0.2, 0.25) is 0 Å². The normalized spacial score (nSPS) is 17.3. The van der Waals surface area contributed by atoms with E-state index in [9.17, 15) is 4.79 Å². The summed E-state index contributed by atoms with van der Waals surface area (Å²) in [7, 11) is 0. The second-order valence-electron chi connectivity index (χ2n) is 5.83. The van der Waals surface area contributed by atoms with Gasteiger partial charge in [-0.05, 0) is 31.9 Å². The topological polar surface area (TPSA) is 47.3 Å². The van der Waals surface area contributed by atoms with Crippen LogP contribution >= 0.6 is 0 Å². The molecule has 1 heterocycles. The number of hydrogen-bond donors (Lipinski definition) is 0. The second-order valence-corrected chi connectivity index (χ2v) is 5.83. The molecule has 1 aromatic rings. The number of nitrogens with zero attached hydrogens (tertiary/aromatic N) is 3. The Bertz CT molecular complexity index is 554. The van der Waals surface area contributed by atoms with E-state index in [1.807, 2.05) is 11.8 Å². The average molecular weight is 285 g/mol. The van der Waals surface area contributed by atoms with E-state index >= 15 is 0 Å². The number of rotatable bonds is 3. The standard InChI is InChI=1S/C17H23N3O/c1-13-4-5-14(2)16(10-13)11-17(21)20-8-6-19(7-9-20)15(3)12-18/h4-5,10,15H,6-9,11H2,1-3H3. The molecule has 0 bridgehead atoms. The van der Waals surface area contributed by atoms with E-state index in [-0.39, 0.29) is 11.9 Å². The fraction of sp³-hybridized carbons (Fsp3) is 0.529. The van der Waals surface area contributed by atoms with Gasteiger partial charge in [-0.3, -0.25) is 9.69 Å². The van der Waals surface area contributed by atoms with Crippen molar-refractivity contribution < 1.29 is 4.79 Å². The van der Waals surface area contributed by atoms with Crippen LogP contribution < -0.4 is 0 Å². The van der Waals surface area contributed by atoms with Crippen molar-refractivity contribution >= 4 is 5.91 Å². The highest BCUT2D eigenvalue weighted by Gasteiger charge is 2.24. The van der Waals surface area contributed by atoms with Crippen LogP contribution in [0.4, 0.5) is 0 Å². The molecule has 1 saturated heterocycles. The Kier molecular flexibility index (Phi) is 4.98. The molecule has 1 unspecified atom stereocenters. The first-order valence-electron chi connectivity index (χ1n) is 7.49. The smallest absolute Gasteiger partial charge is 0.227 e. The lowest BCUT2D eigenvalue weighted by Crippen LogP contribution is -2.51. The summed E-state index contributed by atoms with van der Waals surface area (Å²) in [5.74, 6) is 0.188. The predicted octanol–water partition coefficient (Wildman–Crippen LogP) is 1.90. The molecule has 21 heavy (non-hydrogen) atoms. The van der Waals surface area contributed by atoms with Crippen molar-refractivity contribution in [2.75, 3.05) is 26.2 Å². The minimum atomic E-state index is -0.0683. The van der Waals surface area contributed by atoms with Crippen molar-refractivity contribution in [1.82, 2.24) is 9.80 Å². The van der Waals surface area contributed by atoms with E-state index in [0.717, 1.165) is 31.7 Å². The lowest BCUT2D eigenvalue weighted by atomic mass is 10.0. The molecule has 1 fully saturated rings. The van der Waals surface area contributed by atoms with Gasteiger partial charge in [0.1, 0.15) is 0 Å². The number of amides is 1. The quantitative estimate of drug-likeness (QED) is 0.852. The van der Waals surface area contributed by atoms with E-state index in [0.29, 0.717) is 6.42 Å². The number of aryl methyl sites for hydroxylation is 2. The molecule has 0 saturated carbocycles. The van der Waals surface area contributed by atoms with Gasteiger partial charge in [-0.25, -0.2) is 0 Å². The lowest BCUT2D eigenvalue weighted by molar-refractivity contribution is -0.132. The van der Waals surface area contributed by atoms with E-state index < -0.39 is 0 Å². The summed E-state index contributed by atoms with van der Waals surface area (Å²) in [5.41, 5.74) is 3.48. The summed E-state index contributed by atoms with van der Waals surface area (Å²) >= 11 is 0. The molecule has 1 amide bonds. The third kappa shape index (κ3) is 3.83. The van der Waals surface area contributed by atoms with Gasteiger partial charge in [0.25, 0.3) is 0 Å². The highest BCUT2D eigenvalue weighted by molar-refractivity contribution is 5.79. The fourth-order valence-corrected chi connectivity index (χ4v) is 2.71. The van der Waals surface area contributed by atoms with Crippen LogP contribution in [0.15, 0.2) is 18.2 Å². The van der Waals surface area contributed by atoms with Crippen molar-refractivity contribution in [2.24, 2.45) is 0 Å². The summed E-state index contributed by atoms with van der Waals surface area (Å²) in [6, 6.07) is 8.43. The van der Waals surface area contributed by atoms with Crippen molar-refractivity contribution in [2.45, 2.75) is 33.2 Å². The van der Waals surface area contributed by atoms with Crippen LogP contribution in [-0.4, -0.2) is 47.9 Å². The van der Waals surface area contributed by atoms with Gasteiger partial charge in [0.2, 0.25) is 5.91 Å². The Morgan fingerprint density at radius 2 is 1.95 bits per heavy atom. The number of carbonyl (C=O) groups excluding carboxylic acids is 1. The number of piperazine rings is 1. The second kappa shape index (κ2) is 6.73. The van der Waals surface area contributed by atoms with Crippen molar-refractivity contribution in [3.8, 4) is 6.07 Å². The third-order valence-corrected chi connectivity index (χ3v) is 4.25. The first-order valence-corrected chi connectivity index (χ1v) is 7.49. The maximum atomic E-state index is 12.4. The minimum absolute atomic E-state index is 0.0683. The van der Waals surface area contributed by atoms with Crippen LogP contribution in [0.3, 0.4) is 0 Å². The van der Waals surface area contributed by atoms with Gasteiger partial charge in [0, 0.05) is 26.2 Å². The zero-order valence-corrected chi connectivity index (χ0v) is 13.1. The maximum Gasteiger partial charge on any atom is 0.227 e. The van der Waals surface area contributed by atoms with Gasteiger partial charge in [0.15, 0.2) is 0 Å². The average Bonchev–Trinajstić information content (AvgIpc) is 2.50. The Labute approximate surface area is 127 Å². The fourth-order valence-electron chi connectivity index (χ4n) is 2.71. The van der Waals surface area contributed by atoms with Crippen LogP contribution in [0, 0.1) is 25.2 Å². The Balaban J connectivity index is 1.94. The Morgan fingerprint density at radius 3 is 2.57 bits per heavy atom. The first-order chi connectivity index (χ1) is 10.0. The van der Waals surface area contributed by atoms with Crippen molar-refractivity contribution in [1.29, 1.82) is 5.26 Å². The third-order valence-electron chi connectivity index (χ3n) is 4.25. The number of nitriles is 1. The molecule has 0 radical (unpaired) electrons. The van der Waals surface area contributed by atoms with Gasteiger partial charge in [-0.1, -0.05) is 23.8 Å². The van der Waals surface area contributed by atoms with Crippen molar-refractivity contribution in [3.63, 3.8) is 0 Å². The Morgan fingerprint density at radius 1 is 1.29 bits per heavy atom. The summed E-state index contributed by atoms with van der Waals surface area (Å²) < 4.78 is 0. The molecule has 0 N–H and O–H groups in total. The van der Waals surface area contributed by atoms with E-state index in [2.05, 4.69) is 43.0 Å². The van der Waals surface area contributed by atoms with Gasteiger partial charge in [-0.2, -0.15) is 5.26 Å². The molecule has 2 rings (SSSR count). The summed E-state index contributed by atoms with van der Waals surface area (Å²) in [4.78, 5) is 16.5. The maximum absolute atomic E-state index is 12.4. The molecule has 1 aliphatic heterocycles. The molecule has 112 valence electrons. The minimum Gasteiger partial charge on any atom is -0.340 e. The summed E-state index contributed by atoms with van der Waals surface area (Å²) in [6.07, 6.45) is 0.474. The van der Waals surface area contributed by atoms with Crippen LogP contribution in [-0.2, 0) is 11.2 Å². The van der Waals surface area contributed by atoms with Gasteiger partial charge in [-0.15, -0.1) is 0 Å². The monoisotopic (exact) mass is 285 g/mol. The molecule has 1 atom stereocenters. The van der Waals surface area contributed by atoms with E-state index in [1.54, 1.807) is 0 Å². The van der Waals surface area contributed by atoms with Crippen molar-refractivity contribution in [3.05, 3.63) is 34.9 Å². The molecule has 1 aliphatic rings. The SMILES string of the molecule is Cc1ccc(C)c(CC(=O)N2CCN(C(C)C#N)CC2)c1. The zero-order valence-electron chi connectivity index (χ0n) is 13.1. The zero-order chi connectivity index (χ0) is 15.4. The molecule has 0 aliphatic carbocycles. The molecular formula is C17H23N3O. The van der Waals surface area contributed by atoms with E-state index in [4.69, 9.17) is 5.26 Å². The van der Waals surface area contributed by atoms with Crippen LogP contribution in [0.1, 0.15) is 23.6 Å². The Hall–Kier alpha value is -1.86. The predicted molar refractivity (Wildman–Crippen MR) is 82.8 cm³/mol. The summed E-state index contributed by atoms with van der Waals surface area (Å²) in [6.45, 7) is 9.02. The van der Waals surface area contributed by atoms with E-state index in [1.165, 1.54) is 11.1 Å². The molecule has 0 aromatic heterocycles. The molecule has 4 nitrogen and oxygen atoms in total. The first kappa shape index (κ1) is 15.5. The van der Waals surface area contributed by atoms with Gasteiger partial charge >= 0.3 is 0 Å². The number of hydrogen-bond acceptors (Lipinski definition) is 3. The van der Waals surface area contributed by atoms with Crippen LogP contribution in [0.5, 0.6) is 0 Å². The summed E-state index contributed by atoms with van der Waals surface area (Å²) in [5, 5.41) is 8.94. The highest BCUT2D eigenvalue weighted by atomic mass is 16.2. The number of benzene rings is 1. The number of carbonyl (C=O) groups is 1. The highest BCUT2D eigenvalue weighted by Crippen LogP contribution is 2.14. The van der Waals surface area contributed by atoms with Crippen LogP contribution in [0.25, 0.3) is 0 Å². The molecular weight excluding hydrogens is 262 g/mol. The van der Waals surface area contributed by atoms with Gasteiger partial charge in [0.05, 0.1) is 18.5 Å². The largest absolute Gasteiger partial charge is 0.340 e. The van der Waals surface area contributed by atoms with Gasteiger partial charge < -0.3 is 4.90 Å². The molecule has 0 spiro atoms. The molecule has 1 aromatic carbocycles.